The molecule has 0 saturated carbocycles. The van der Waals surface area contributed by atoms with Crippen LogP contribution in [0.5, 0.6) is 11.5 Å². The highest BCUT2D eigenvalue weighted by Crippen LogP contribution is 2.25. The zero-order valence-electron chi connectivity index (χ0n) is 17.4. The van der Waals surface area contributed by atoms with E-state index in [1.807, 2.05) is 36.5 Å². The lowest BCUT2D eigenvalue weighted by Crippen LogP contribution is -2.47. The lowest BCUT2D eigenvalue weighted by Gasteiger charge is -2.35. The van der Waals surface area contributed by atoms with Gasteiger partial charge in [0.15, 0.2) is 11.6 Å². The van der Waals surface area contributed by atoms with Gasteiger partial charge in [0.1, 0.15) is 5.75 Å². The van der Waals surface area contributed by atoms with Crippen LogP contribution in [0.4, 0.5) is 11.5 Å². The Morgan fingerprint density at radius 1 is 1.17 bits per heavy atom. The predicted octanol–water partition coefficient (Wildman–Crippen LogP) is 2.70. The number of hydrogen-bond acceptors (Lipinski definition) is 7. The van der Waals surface area contributed by atoms with Gasteiger partial charge in [0, 0.05) is 63.0 Å². The molecule has 7 heteroatoms. The topological polar surface area (TPSA) is 76.2 Å². The molecule has 2 N–H and O–H groups in total. The van der Waals surface area contributed by atoms with Gasteiger partial charge in [-0.2, -0.15) is 0 Å². The number of piperazine rings is 1. The van der Waals surface area contributed by atoms with Crippen LogP contribution in [-0.4, -0.2) is 69.6 Å². The van der Waals surface area contributed by atoms with Gasteiger partial charge < -0.3 is 20.1 Å². The molecule has 0 radical (unpaired) electrons. The largest absolute Gasteiger partial charge is 0.494 e. The van der Waals surface area contributed by atoms with E-state index in [1.165, 1.54) is 0 Å². The number of nitrogens with two attached hydrogens (primary N) is 1. The van der Waals surface area contributed by atoms with Crippen molar-refractivity contribution in [2.24, 2.45) is 4.99 Å². The molecule has 7 nitrogen and oxygen atoms in total. The Morgan fingerprint density at radius 2 is 2.00 bits per heavy atom. The fourth-order valence-corrected chi connectivity index (χ4v) is 3.49. The third kappa shape index (κ3) is 5.84. The maximum absolute atomic E-state index is 6.01. The number of rotatable bonds is 9. The minimum absolute atomic E-state index is 0.690. The molecule has 1 aliphatic heterocycles. The van der Waals surface area contributed by atoms with Gasteiger partial charge >= 0.3 is 0 Å². The Kier molecular flexibility index (Phi) is 7.69. The smallest absolute Gasteiger partial charge is 0.171 e. The predicted molar refractivity (Wildman–Crippen MR) is 119 cm³/mol. The van der Waals surface area contributed by atoms with E-state index in [-0.39, 0.29) is 0 Å². The summed E-state index contributed by atoms with van der Waals surface area (Å²) in [6.07, 6.45) is 5.71. The van der Waals surface area contributed by atoms with Crippen molar-refractivity contribution < 1.29 is 9.47 Å². The molecule has 1 saturated heterocycles. The standard InChI is InChI=1S/C22H31N5O2/c1-24-17-18-7-8-19(16-20(18)23)29-15-4-3-10-26-11-13-27(14-12-26)22-21(28-2)6-5-9-25-22/h5-9,16-17H,3-4,10-15,23H2,1-2H3/b24-17-. The molecular formula is C22H31N5O2. The zero-order valence-corrected chi connectivity index (χ0v) is 17.4. The number of nitrogens with zero attached hydrogens (tertiary/aromatic N) is 4. The first-order chi connectivity index (χ1) is 14.2. The van der Waals surface area contributed by atoms with E-state index in [9.17, 15) is 0 Å². The number of methoxy groups -OCH3 is 1. The monoisotopic (exact) mass is 397 g/mol. The molecule has 0 atom stereocenters. The summed E-state index contributed by atoms with van der Waals surface area (Å²) in [6, 6.07) is 9.62. The van der Waals surface area contributed by atoms with E-state index in [1.54, 1.807) is 20.4 Å². The van der Waals surface area contributed by atoms with Crippen LogP contribution < -0.4 is 20.1 Å². The number of ether oxygens (including phenoxy) is 2. The maximum atomic E-state index is 6.01. The highest BCUT2D eigenvalue weighted by molar-refractivity contribution is 5.87. The van der Waals surface area contributed by atoms with Crippen molar-refractivity contribution in [3.63, 3.8) is 0 Å². The summed E-state index contributed by atoms with van der Waals surface area (Å²) in [5.74, 6) is 2.60. The van der Waals surface area contributed by atoms with Gasteiger partial charge in [0.05, 0.1) is 13.7 Å². The fraction of sp³-hybridized carbons (Fsp3) is 0.455. The average Bonchev–Trinajstić information content (AvgIpc) is 2.76. The first-order valence-electron chi connectivity index (χ1n) is 10.1. The molecule has 1 aromatic carbocycles. The van der Waals surface area contributed by atoms with Crippen LogP contribution in [0, 0.1) is 0 Å². The summed E-state index contributed by atoms with van der Waals surface area (Å²) in [7, 11) is 3.43. The van der Waals surface area contributed by atoms with Gasteiger partial charge in [-0.3, -0.25) is 9.89 Å². The molecule has 1 fully saturated rings. The molecule has 29 heavy (non-hydrogen) atoms. The first-order valence-corrected chi connectivity index (χ1v) is 10.1. The molecule has 2 aromatic rings. The Balaban J connectivity index is 1.34. The van der Waals surface area contributed by atoms with Crippen molar-refractivity contribution in [3.8, 4) is 11.5 Å². The molecule has 2 heterocycles. The van der Waals surface area contributed by atoms with E-state index >= 15 is 0 Å². The van der Waals surface area contributed by atoms with E-state index in [2.05, 4.69) is 19.8 Å². The van der Waals surface area contributed by atoms with Crippen molar-refractivity contribution in [3.05, 3.63) is 42.1 Å². The van der Waals surface area contributed by atoms with Crippen molar-refractivity contribution in [2.45, 2.75) is 12.8 Å². The summed E-state index contributed by atoms with van der Waals surface area (Å²) < 4.78 is 11.3. The molecule has 0 spiro atoms. The third-order valence-corrected chi connectivity index (χ3v) is 5.11. The van der Waals surface area contributed by atoms with E-state index in [0.717, 1.165) is 68.4 Å². The second kappa shape index (κ2) is 10.7. The van der Waals surface area contributed by atoms with Crippen molar-refractivity contribution in [2.75, 3.05) is 64.1 Å². The number of anilines is 2. The summed E-state index contributed by atoms with van der Waals surface area (Å²) in [5, 5.41) is 0. The summed E-state index contributed by atoms with van der Waals surface area (Å²) in [6.45, 7) is 5.80. The summed E-state index contributed by atoms with van der Waals surface area (Å²) in [4.78, 5) is 13.3. The number of unbranched alkanes of at least 4 members (excludes halogenated alkanes) is 1. The second-order valence-electron chi connectivity index (χ2n) is 7.09. The normalized spacial score (nSPS) is 15.0. The lowest BCUT2D eigenvalue weighted by molar-refractivity contribution is 0.237. The van der Waals surface area contributed by atoms with E-state index < -0.39 is 0 Å². The van der Waals surface area contributed by atoms with Crippen molar-refractivity contribution >= 4 is 17.7 Å². The minimum atomic E-state index is 0.690. The van der Waals surface area contributed by atoms with Gasteiger partial charge in [-0.25, -0.2) is 4.98 Å². The number of hydrogen-bond donors (Lipinski definition) is 1. The van der Waals surface area contributed by atoms with Gasteiger partial charge in [0.2, 0.25) is 0 Å². The molecular weight excluding hydrogens is 366 g/mol. The lowest BCUT2D eigenvalue weighted by atomic mass is 10.2. The summed E-state index contributed by atoms with van der Waals surface area (Å²) in [5.41, 5.74) is 7.62. The van der Waals surface area contributed by atoms with Crippen LogP contribution in [0.25, 0.3) is 0 Å². The van der Waals surface area contributed by atoms with Gasteiger partial charge in [-0.1, -0.05) is 0 Å². The molecule has 0 amide bonds. The number of pyridine rings is 1. The number of benzene rings is 1. The quantitative estimate of drug-likeness (QED) is 0.398. The average molecular weight is 398 g/mol. The number of aliphatic imine (C=N–C) groups is 1. The molecule has 0 bridgehead atoms. The van der Waals surface area contributed by atoms with Crippen LogP contribution in [0.15, 0.2) is 41.5 Å². The Hall–Kier alpha value is -2.80. The Morgan fingerprint density at radius 3 is 2.72 bits per heavy atom. The highest BCUT2D eigenvalue weighted by Gasteiger charge is 2.20. The molecule has 156 valence electrons. The maximum Gasteiger partial charge on any atom is 0.171 e. The van der Waals surface area contributed by atoms with E-state index in [4.69, 9.17) is 15.2 Å². The van der Waals surface area contributed by atoms with Gasteiger partial charge in [-0.05, 0) is 43.7 Å². The number of nitrogen functional groups attached to an aromatic ring is 1. The van der Waals surface area contributed by atoms with Crippen LogP contribution in [-0.2, 0) is 0 Å². The van der Waals surface area contributed by atoms with Crippen LogP contribution in [0.3, 0.4) is 0 Å². The second-order valence-corrected chi connectivity index (χ2v) is 7.09. The molecule has 1 aromatic heterocycles. The minimum Gasteiger partial charge on any atom is -0.494 e. The van der Waals surface area contributed by atoms with E-state index in [0.29, 0.717) is 12.3 Å². The molecule has 0 unspecified atom stereocenters. The fourth-order valence-electron chi connectivity index (χ4n) is 3.49. The molecule has 3 rings (SSSR count). The van der Waals surface area contributed by atoms with Crippen molar-refractivity contribution in [1.82, 2.24) is 9.88 Å². The highest BCUT2D eigenvalue weighted by atomic mass is 16.5. The van der Waals surface area contributed by atoms with Crippen molar-refractivity contribution in [1.29, 1.82) is 0 Å². The van der Waals surface area contributed by atoms with Crippen LogP contribution in [0.2, 0.25) is 0 Å². The van der Waals surface area contributed by atoms with Crippen LogP contribution in [0.1, 0.15) is 18.4 Å². The SMILES string of the molecule is C/N=C\c1ccc(OCCCCN2CCN(c3ncccc3OC)CC2)cc1N. The Bertz CT molecular complexity index is 804. The van der Waals surface area contributed by atoms with Crippen LogP contribution >= 0.6 is 0 Å². The van der Waals surface area contributed by atoms with Gasteiger partial charge in [-0.15, -0.1) is 0 Å². The number of aromatic nitrogens is 1. The molecule has 0 aliphatic carbocycles. The Labute approximate surface area is 173 Å². The molecule has 1 aliphatic rings. The summed E-state index contributed by atoms with van der Waals surface area (Å²) >= 11 is 0. The van der Waals surface area contributed by atoms with Gasteiger partial charge in [0.25, 0.3) is 0 Å². The zero-order chi connectivity index (χ0) is 20.5. The first kappa shape index (κ1) is 20.9. The third-order valence-electron chi connectivity index (χ3n) is 5.11.